The van der Waals surface area contributed by atoms with E-state index in [2.05, 4.69) is 10.1 Å². The number of nitrogens with zero attached hydrogens (tertiary/aromatic N) is 1. The summed E-state index contributed by atoms with van der Waals surface area (Å²) < 4.78 is 61.0. The molecule has 11 heteroatoms. The lowest BCUT2D eigenvalue weighted by atomic mass is 10.1. The van der Waals surface area contributed by atoms with E-state index >= 15 is 0 Å². The minimum absolute atomic E-state index is 0.000448. The van der Waals surface area contributed by atoms with Crippen molar-refractivity contribution in [1.82, 2.24) is 9.62 Å². The molecule has 0 fully saturated rings. The third kappa shape index (κ3) is 6.05. The highest BCUT2D eigenvalue weighted by molar-refractivity contribution is 7.89. The Kier molecular flexibility index (Phi) is 8.60. The Morgan fingerprint density at radius 1 is 1.13 bits per heavy atom. The smallest absolute Gasteiger partial charge is 0.387 e. The van der Waals surface area contributed by atoms with E-state index in [9.17, 15) is 22.0 Å². The van der Waals surface area contributed by atoms with Crippen molar-refractivity contribution < 1.29 is 31.5 Å². The molecule has 31 heavy (non-hydrogen) atoms. The van der Waals surface area contributed by atoms with Gasteiger partial charge in [-0.1, -0.05) is 31.5 Å². The van der Waals surface area contributed by atoms with Crippen molar-refractivity contribution in [3.8, 4) is 11.5 Å². The average molecular weight is 477 g/mol. The van der Waals surface area contributed by atoms with E-state index < -0.39 is 22.5 Å². The zero-order chi connectivity index (χ0) is 23.2. The number of ether oxygens (including phenoxy) is 2. The summed E-state index contributed by atoms with van der Waals surface area (Å²) in [6.45, 7) is 1.04. The number of methoxy groups -OCH3 is 1. The van der Waals surface area contributed by atoms with E-state index in [1.54, 1.807) is 13.8 Å². The normalized spacial score (nSPS) is 11.6. The molecule has 0 bridgehead atoms. The molecule has 0 unspecified atom stereocenters. The topological polar surface area (TPSA) is 84.9 Å². The number of nitrogens with one attached hydrogen (secondary N) is 1. The van der Waals surface area contributed by atoms with E-state index in [4.69, 9.17) is 16.3 Å². The first-order valence-corrected chi connectivity index (χ1v) is 11.1. The SMILES string of the molecule is CCN(CC)S(=O)(=O)c1ccc(Cl)c(C(=O)NCc2ccc(OC(F)F)c(OC)c2)c1. The van der Waals surface area contributed by atoms with Gasteiger partial charge in [0.05, 0.1) is 22.6 Å². The van der Waals surface area contributed by atoms with E-state index in [-0.39, 0.29) is 46.6 Å². The molecular formula is C20H23ClF2N2O5S. The molecule has 7 nitrogen and oxygen atoms in total. The number of carbonyl (C=O) groups excluding carboxylic acids is 1. The number of hydrogen-bond donors (Lipinski definition) is 1. The van der Waals surface area contributed by atoms with Gasteiger partial charge in [0.2, 0.25) is 10.0 Å². The van der Waals surface area contributed by atoms with Gasteiger partial charge in [0.25, 0.3) is 5.91 Å². The van der Waals surface area contributed by atoms with Crippen LogP contribution in [0.15, 0.2) is 41.3 Å². The molecule has 1 amide bonds. The molecule has 0 saturated carbocycles. The number of sulfonamides is 1. The van der Waals surface area contributed by atoms with Gasteiger partial charge in [0, 0.05) is 19.6 Å². The maximum absolute atomic E-state index is 12.7. The zero-order valence-electron chi connectivity index (χ0n) is 17.2. The third-order valence-corrected chi connectivity index (χ3v) is 6.80. The Bertz CT molecular complexity index is 1030. The molecule has 0 radical (unpaired) electrons. The minimum atomic E-state index is -3.76. The molecular weight excluding hydrogens is 454 g/mol. The van der Waals surface area contributed by atoms with Crippen LogP contribution >= 0.6 is 11.6 Å². The number of amides is 1. The van der Waals surface area contributed by atoms with Gasteiger partial charge in [0.15, 0.2) is 11.5 Å². The largest absolute Gasteiger partial charge is 0.493 e. The molecule has 0 aromatic heterocycles. The summed E-state index contributed by atoms with van der Waals surface area (Å²) in [5.41, 5.74) is 0.550. The van der Waals surface area contributed by atoms with Gasteiger partial charge < -0.3 is 14.8 Å². The van der Waals surface area contributed by atoms with Crippen molar-refractivity contribution in [1.29, 1.82) is 0 Å². The second-order valence-electron chi connectivity index (χ2n) is 6.28. The zero-order valence-corrected chi connectivity index (χ0v) is 18.8. The lowest BCUT2D eigenvalue weighted by Gasteiger charge is -2.19. The molecule has 2 aromatic rings. The van der Waals surface area contributed by atoms with Crippen molar-refractivity contribution in [2.24, 2.45) is 0 Å². The second-order valence-corrected chi connectivity index (χ2v) is 8.62. The highest BCUT2D eigenvalue weighted by Crippen LogP contribution is 2.29. The summed E-state index contributed by atoms with van der Waals surface area (Å²) in [4.78, 5) is 12.6. The quantitative estimate of drug-likeness (QED) is 0.562. The molecule has 0 spiro atoms. The van der Waals surface area contributed by atoms with Crippen LogP contribution < -0.4 is 14.8 Å². The summed E-state index contributed by atoms with van der Waals surface area (Å²) in [6.07, 6.45) is 0. The Morgan fingerprint density at radius 2 is 1.81 bits per heavy atom. The molecule has 0 heterocycles. The molecule has 2 rings (SSSR count). The summed E-state index contributed by atoms with van der Waals surface area (Å²) in [7, 11) is -2.46. The summed E-state index contributed by atoms with van der Waals surface area (Å²) >= 11 is 6.11. The lowest BCUT2D eigenvalue weighted by molar-refractivity contribution is -0.0512. The maximum atomic E-state index is 12.7. The van der Waals surface area contributed by atoms with Crippen LogP contribution in [0.3, 0.4) is 0 Å². The Morgan fingerprint density at radius 3 is 2.39 bits per heavy atom. The molecule has 2 aromatic carbocycles. The molecule has 0 atom stereocenters. The van der Waals surface area contributed by atoms with Crippen molar-refractivity contribution in [2.75, 3.05) is 20.2 Å². The highest BCUT2D eigenvalue weighted by Gasteiger charge is 2.24. The van der Waals surface area contributed by atoms with Crippen LogP contribution in [-0.2, 0) is 16.6 Å². The van der Waals surface area contributed by atoms with Gasteiger partial charge >= 0.3 is 6.61 Å². The maximum Gasteiger partial charge on any atom is 0.387 e. The van der Waals surface area contributed by atoms with E-state index in [1.165, 1.54) is 47.8 Å². The number of rotatable bonds is 10. The van der Waals surface area contributed by atoms with Crippen LogP contribution in [0.1, 0.15) is 29.8 Å². The fourth-order valence-electron chi connectivity index (χ4n) is 2.84. The van der Waals surface area contributed by atoms with E-state index in [0.29, 0.717) is 5.56 Å². The third-order valence-electron chi connectivity index (χ3n) is 4.42. The summed E-state index contributed by atoms with van der Waals surface area (Å²) in [5.74, 6) is -0.643. The highest BCUT2D eigenvalue weighted by atomic mass is 35.5. The van der Waals surface area contributed by atoms with Gasteiger partial charge in [-0.05, 0) is 35.9 Å². The fraction of sp³-hybridized carbons (Fsp3) is 0.350. The van der Waals surface area contributed by atoms with Crippen LogP contribution in [-0.4, -0.2) is 45.4 Å². The average Bonchev–Trinajstić information content (AvgIpc) is 2.73. The Balaban J connectivity index is 2.21. The molecule has 170 valence electrons. The molecule has 0 aliphatic heterocycles. The predicted molar refractivity (Wildman–Crippen MR) is 112 cm³/mol. The monoisotopic (exact) mass is 476 g/mol. The van der Waals surface area contributed by atoms with E-state index in [0.717, 1.165) is 0 Å². The number of carbonyl (C=O) groups is 1. The molecule has 1 N–H and O–H groups in total. The van der Waals surface area contributed by atoms with E-state index in [1.807, 2.05) is 0 Å². The first kappa shape index (κ1) is 24.8. The number of alkyl halides is 2. The van der Waals surface area contributed by atoms with Crippen LogP contribution in [0.2, 0.25) is 5.02 Å². The van der Waals surface area contributed by atoms with Crippen molar-refractivity contribution in [2.45, 2.75) is 31.9 Å². The van der Waals surface area contributed by atoms with Crippen molar-refractivity contribution in [3.05, 3.63) is 52.5 Å². The molecule has 0 aliphatic carbocycles. The predicted octanol–water partition coefficient (Wildman–Crippen LogP) is 3.91. The molecule has 0 aliphatic rings. The summed E-state index contributed by atoms with van der Waals surface area (Å²) in [6, 6.07) is 8.16. The second kappa shape index (κ2) is 10.7. The van der Waals surface area contributed by atoms with Crippen LogP contribution in [0.5, 0.6) is 11.5 Å². The van der Waals surface area contributed by atoms with Crippen molar-refractivity contribution >= 4 is 27.5 Å². The standard InChI is InChI=1S/C20H23ClF2N2O5S/c1-4-25(5-2)31(27,28)14-7-8-16(21)15(11-14)19(26)24-12-13-6-9-17(30-20(22)23)18(10-13)29-3/h6-11,20H,4-5,12H2,1-3H3,(H,24,26). The van der Waals surface area contributed by atoms with Crippen LogP contribution in [0.25, 0.3) is 0 Å². The first-order valence-electron chi connectivity index (χ1n) is 9.33. The summed E-state index contributed by atoms with van der Waals surface area (Å²) in [5, 5.41) is 2.72. The Labute approximate surface area is 185 Å². The number of halogens is 3. The van der Waals surface area contributed by atoms with Gasteiger partial charge in [-0.25, -0.2) is 8.42 Å². The van der Waals surface area contributed by atoms with Gasteiger partial charge in [-0.15, -0.1) is 0 Å². The van der Waals surface area contributed by atoms with Gasteiger partial charge in [0.1, 0.15) is 0 Å². The van der Waals surface area contributed by atoms with Crippen LogP contribution in [0.4, 0.5) is 8.78 Å². The first-order chi connectivity index (χ1) is 14.6. The van der Waals surface area contributed by atoms with Gasteiger partial charge in [-0.2, -0.15) is 13.1 Å². The number of hydrogen-bond acceptors (Lipinski definition) is 5. The molecule has 0 saturated heterocycles. The van der Waals surface area contributed by atoms with Gasteiger partial charge in [-0.3, -0.25) is 4.79 Å². The van der Waals surface area contributed by atoms with Crippen LogP contribution in [0, 0.1) is 0 Å². The number of benzene rings is 2. The fourth-order valence-corrected chi connectivity index (χ4v) is 4.53. The Hall–Kier alpha value is -2.43. The minimum Gasteiger partial charge on any atom is -0.493 e. The van der Waals surface area contributed by atoms with Crippen molar-refractivity contribution in [3.63, 3.8) is 0 Å². The lowest BCUT2D eigenvalue weighted by Crippen LogP contribution is -2.31.